The second kappa shape index (κ2) is 66.6. The fourth-order valence-corrected chi connectivity index (χ4v) is 13.1. The molecule has 95 heavy (non-hydrogen) atoms. The van der Waals surface area contributed by atoms with Crippen molar-refractivity contribution in [1.82, 2.24) is 0 Å². The monoisotopic (exact) mass is 1400 g/mol. The lowest BCUT2D eigenvalue weighted by Gasteiger charge is -2.21. The number of aliphatic hydroxyl groups is 1. The van der Waals surface area contributed by atoms with E-state index >= 15 is 0 Å². The number of phosphoric ester groups is 2. The fourth-order valence-electron chi connectivity index (χ4n) is 11.5. The number of carbonyl (C=O) groups excluding carboxylic acids is 4. The van der Waals surface area contributed by atoms with Gasteiger partial charge in [-0.3, -0.25) is 37.3 Å². The molecule has 0 aromatic rings. The van der Waals surface area contributed by atoms with E-state index in [0.717, 1.165) is 108 Å². The molecule has 0 saturated carbocycles. The van der Waals surface area contributed by atoms with E-state index in [-0.39, 0.29) is 25.7 Å². The summed E-state index contributed by atoms with van der Waals surface area (Å²) in [6.07, 6.45) is 53.0. The molecule has 0 spiro atoms. The van der Waals surface area contributed by atoms with E-state index in [1.807, 2.05) is 0 Å². The van der Waals surface area contributed by atoms with E-state index in [1.165, 1.54) is 193 Å². The van der Waals surface area contributed by atoms with Crippen LogP contribution in [0.3, 0.4) is 0 Å². The molecule has 19 heteroatoms. The summed E-state index contributed by atoms with van der Waals surface area (Å²) in [7, 11) is -9.91. The normalized spacial score (nSPS) is 14.6. The van der Waals surface area contributed by atoms with Crippen LogP contribution in [0.5, 0.6) is 0 Å². The quantitative estimate of drug-likeness (QED) is 0.0222. The minimum absolute atomic E-state index is 0.102. The van der Waals surface area contributed by atoms with E-state index in [2.05, 4.69) is 48.5 Å². The molecule has 17 nitrogen and oxygen atoms in total. The van der Waals surface area contributed by atoms with Gasteiger partial charge < -0.3 is 33.8 Å². The first-order chi connectivity index (χ1) is 45.8. The molecule has 3 N–H and O–H groups in total. The second-order valence-corrected chi connectivity index (χ2v) is 31.3. The molecule has 564 valence electrons. The van der Waals surface area contributed by atoms with Gasteiger partial charge in [-0.15, -0.1) is 0 Å². The van der Waals surface area contributed by atoms with Gasteiger partial charge in [-0.05, 0) is 43.4 Å². The third-order valence-electron chi connectivity index (χ3n) is 18.4. The Morgan fingerprint density at radius 2 is 0.537 bits per heavy atom. The first kappa shape index (κ1) is 93.1. The van der Waals surface area contributed by atoms with Gasteiger partial charge in [0, 0.05) is 25.7 Å². The van der Waals surface area contributed by atoms with Crippen molar-refractivity contribution in [3.63, 3.8) is 0 Å². The van der Waals surface area contributed by atoms with Crippen molar-refractivity contribution in [2.24, 2.45) is 17.8 Å². The standard InChI is InChI=1S/C76H148O17P2/c1-8-11-12-13-14-15-16-17-18-19-20-21-22-23-24-25-26-31-36-45-52-59-75(80)92-71(63-86-73(78)57-50-43-35-30-28-27-29-34-41-48-55-68(6)9-2)65-90-94(82,83)88-61-70(77)62-89-95(84,85)91-66-72(93-76(81)60-53-46-37-32-33-40-47-54-67(4)5)64-87-74(79)58-51-44-39-38-42-49-56-69(7)10-3/h67-72,77H,8-66H2,1-7H3,(H,82,83)(H,84,85)/t68?,69?,70-,71-,72-/m1/s1. The summed E-state index contributed by atoms with van der Waals surface area (Å²) in [5, 5.41) is 10.6. The van der Waals surface area contributed by atoms with E-state index < -0.39 is 97.5 Å². The lowest BCUT2D eigenvalue weighted by molar-refractivity contribution is -0.161. The number of phosphoric acid groups is 2. The van der Waals surface area contributed by atoms with E-state index in [1.54, 1.807) is 0 Å². The number of aliphatic hydroxyl groups excluding tert-OH is 1. The SMILES string of the molecule is CCCCCCCCCCCCCCCCCCCCCCCC(=O)O[C@H](COC(=O)CCCCCCCCCCCCC(C)CC)COP(=O)(O)OC[C@@H](O)COP(=O)(O)OC[C@@H](COC(=O)CCCCCCCCC(C)CC)OC(=O)CCCCCCCCCC(C)C. The number of unbranched alkanes of at least 4 members (excludes halogenated alkanes) is 40. The zero-order valence-corrected chi connectivity index (χ0v) is 63.9. The molecule has 7 atom stereocenters. The van der Waals surface area contributed by atoms with Gasteiger partial charge in [0.05, 0.1) is 26.4 Å². The van der Waals surface area contributed by atoms with Crippen molar-refractivity contribution in [2.75, 3.05) is 39.6 Å². The third-order valence-corrected chi connectivity index (χ3v) is 20.3. The summed E-state index contributed by atoms with van der Waals surface area (Å²) in [5.41, 5.74) is 0. The van der Waals surface area contributed by atoms with Crippen LogP contribution in [-0.4, -0.2) is 96.7 Å². The summed E-state index contributed by atoms with van der Waals surface area (Å²) in [5.74, 6) is 0.113. The number of rotatable bonds is 74. The minimum Gasteiger partial charge on any atom is -0.462 e. The fraction of sp³-hybridized carbons (Fsp3) is 0.947. The minimum atomic E-state index is -4.96. The Labute approximate surface area is 581 Å². The van der Waals surface area contributed by atoms with Gasteiger partial charge in [-0.25, -0.2) is 9.13 Å². The van der Waals surface area contributed by atoms with E-state index in [9.17, 15) is 43.2 Å². The number of ether oxygens (including phenoxy) is 4. The largest absolute Gasteiger partial charge is 0.472 e. The zero-order chi connectivity index (χ0) is 70.1. The van der Waals surface area contributed by atoms with Crippen LogP contribution in [0.25, 0.3) is 0 Å². The van der Waals surface area contributed by atoms with Crippen LogP contribution in [0.1, 0.15) is 389 Å². The molecular weight excluding hydrogens is 1250 g/mol. The first-order valence-corrected chi connectivity index (χ1v) is 42.4. The van der Waals surface area contributed by atoms with Crippen LogP contribution in [-0.2, 0) is 65.4 Å². The number of hydrogen-bond donors (Lipinski definition) is 3. The van der Waals surface area contributed by atoms with Crippen LogP contribution in [0.2, 0.25) is 0 Å². The second-order valence-electron chi connectivity index (χ2n) is 28.4. The zero-order valence-electron chi connectivity index (χ0n) is 62.1. The highest BCUT2D eigenvalue weighted by Gasteiger charge is 2.30. The van der Waals surface area contributed by atoms with Gasteiger partial charge in [0.2, 0.25) is 0 Å². The van der Waals surface area contributed by atoms with Gasteiger partial charge in [-0.1, -0.05) is 337 Å². The van der Waals surface area contributed by atoms with Gasteiger partial charge in [0.1, 0.15) is 19.3 Å². The van der Waals surface area contributed by atoms with Gasteiger partial charge in [-0.2, -0.15) is 0 Å². The highest BCUT2D eigenvalue weighted by Crippen LogP contribution is 2.45. The molecule has 0 aliphatic heterocycles. The molecule has 0 aromatic carbocycles. The molecule has 0 rings (SSSR count). The Morgan fingerprint density at radius 1 is 0.305 bits per heavy atom. The molecule has 0 bridgehead atoms. The number of hydrogen-bond acceptors (Lipinski definition) is 15. The Morgan fingerprint density at radius 3 is 0.800 bits per heavy atom. The van der Waals surface area contributed by atoms with Crippen LogP contribution < -0.4 is 0 Å². The van der Waals surface area contributed by atoms with Crippen LogP contribution in [0.4, 0.5) is 0 Å². The summed E-state index contributed by atoms with van der Waals surface area (Å²) in [6, 6.07) is 0. The Kier molecular flexibility index (Phi) is 65.2. The van der Waals surface area contributed by atoms with Crippen molar-refractivity contribution >= 4 is 39.5 Å². The molecule has 0 aromatic heterocycles. The molecule has 0 aliphatic carbocycles. The molecular formula is C76H148O17P2. The highest BCUT2D eigenvalue weighted by molar-refractivity contribution is 7.47. The summed E-state index contributed by atoms with van der Waals surface area (Å²) < 4.78 is 68.5. The van der Waals surface area contributed by atoms with Gasteiger partial charge in [0.25, 0.3) is 0 Å². The molecule has 0 fully saturated rings. The summed E-state index contributed by atoms with van der Waals surface area (Å²) >= 11 is 0. The van der Waals surface area contributed by atoms with E-state index in [4.69, 9.17) is 37.0 Å². The molecule has 0 radical (unpaired) electrons. The van der Waals surface area contributed by atoms with Crippen LogP contribution in [0.15, 0.2) is 0 Å². The smallest absolute Gasteiger partial charge is 0.462 e. The predicted octanol–water partition coefficient (Wildman–Crippen LogP) is 22.2. The molecule has 4 unspecified atom stereocenters. The molecule has 0 aliphatic rings. The maximum Gasteiger partial charge on any atom is 0.472 e. The van der Waals surface area contributed by atoms with Crippen molar-refractivity contribution in [1.29, 1.82) is 0 Å². The molecule has 0 heterocycles. The summed E-state index contributed by atoms with van der Waals surface area (Å²) in [4.78, 5) is 72.7. The third kappa shape index (κ3) is 67.6. The lowest BCUT2D eigenvalue weighted by atomic mass is 9.99. The van der Waals surface area contributed by atoms with Gasteiger partial charge >= 0.3 is 39.5 Å². The van der Waals surface area contributed by atoms with E-state index in [0.29, 0.717) is 31.6 Å². The van der Waals surface area contributed by atoms with Crippen molar-refractivity contribution in [3.05, 3.63) is 0 Å². The van der Waals surface area contributed by atoms with Gasteiger partial charge in [0.15, 0.2) is 12.2 Å². The number of carbonyl (C=O) groups is 4. The topological polar surface area (TPSA) is 237 Å². The maximum atomic E-state index is 13.1. The molecule has 0 amide bonds. The Bertz CT molecular complexity index is 1860. The molecule has 0 saturated heterocycles. The van der Waals surface area contributed by atoms with Crippen molar-refractivity contribution in [3.8, 4) is 0 Å². The Hall–Kier alpha value is -1.94. The average molecular weight is 1400 g/mol. The highest BCUT2D eigenvalue weighted by atomic mass is 31.2. The van der Waals surface area contributed by atoms with Crippen molar-refractivity contribution < 1.29 is 80.2 Å². The number of esters is 4. The maximum absolute atomic E-state index is 13.1. The predicted molar refractivity (Wildman–Crippen MR) is 386 cm³/mol. The Balaban J connectivity index is 5.20. The van der Waals surface area contributed by atoms with Crippen LogP contribution in [0, 0.1) is 17.8 Å². The lowest BCUT2D eigenvalue weighted by Crippen LogP contribution is -2.30. The van der Waals surface area contributed by atoms with Crippen LogP contribution >= 0.6 is 15.6 Å². The first-order valence-electron chi connectivity index (χ1n) is 39.4. The average Bonchev–Trinajstić information content (AvgIpc) is 1.56. The van der Waals surface area contributed by atoms with Crippen molar-refractivity contribution in [2.45, 2.75) is 407 Å². The summed E-state index contributed by atoms with van der Waals surface area (Å²) in [6.45, 7) is 11.8.